The summed E-state index contributed by atoms with van der Waals surface area (Å²) >= 11 is 1.87. The Bertz CT molecular complexity index is 2050. The van der Waals surface area contributed by atoms with Gasteiger partial charge in [-0.3, -0.25) is 0 Å². The highest BCUT2D eigenvalue weighted by Gasteiger charge is 2.39. The fourth-order valence-corrected chi connectivity index (χ4v) is 7.81. The van der Waals surface area contributed by atoms with Crippen molar-refractivity contribution in [1.82, 2.24) is 0 Å². The Morgan fingerprint density at radius 1 is 0.564 bits per heavy atom. The quantitative estimate of drug-likeness (QED) is 0.225. The summed E-state index contributed by atoms with van der Waals surface area (Å²) < 4.78 is 2.64. The van der Waals surface area contributed by atoms with Crippen LogP contribution in [-0.2, 0) is 5.41 Å². The second-order valence-electron chi connectivity index (χ2n) is 11.0. The topological polar surface area (TPSA) is 3.24 Å². The largest absolute Gasteiger partial charge is 0.310 e. The van der Waals surface area contributed by atoms with Crippen molar-refractivity contribution in [2.45, 2.75) is 19.3 Å². The smallest absolute Gasteiger partial charge is 0.0549 e. The minimum absolute atomic E-state index is 0.0979. The first-order chi connectivity index (χ1) is 19.1. The summed E-state index contributed by atoms with van der Waals surface area (Å²) in [5.41, 5.74) is 8.97. The summed E-state index contributed by atoms with van der Waals surface area (Å²) in [6, 6.07) is 46.8. The summed E-state index contributed by atoms with van der Waals surface area (Å²) in [4.78, 5) is 2.47. The molecule has 186 valence electrons. The maximum atomic E-state index is 2.47. The van der Waals surface area contributed by atoms with Crippen molar-refractivity contribution in [2.75, 3.05) is 4.90 Å². The number of nitrogens with zero attached hydrogens (tertiary/aromatic N) is 1. The predicted octanol–water partition coefficient (Wildman–Crippen LogP) is 11.0. The SMILES string of the molecule is CC1(C)c2ccccc2-c2c(N(c3ccccc3)c3ccc4c(c3)sc3ccccc34)cc3ccccc3c21. The van der Waals surface area contributed by atoms with E-state index in [1.807, 2.05) is 11.3 Å². The number of benzene rings is 6. The Morgan fingerprint density at radius 3 is 2.13 bits per heavy atom. The van der Waals surface area contributed by atoms with Gasteiger partial charge in [0.1, 0.15) is 0 Å². The Balaban J connectivity index is 1.48. The predicted molar refractivity (Wildman–Crippen MR) is 169 cm³/mol. The molecule has 0 atom stereocenters. The molecular weight excluding hydrogens is 490 g/mol. The van der Waals surface area contributed by atoms with Crippen molar-refractivity contribution < 1.29 is 0 Å². The van der Waals surface area contributed by atoms with Crippen molar-refractivity contribution in [2.24, 2.45) is 0 Å². The average Bonchev–Trinajstić information content (AvgIpc) is 3.46. The standard InChI is InChI=1S/C37H27NS/c1-37(2)31-18-10-8-17-30(31)35-32(22-24-12-6-7-15-27(24)36(35)37)38(25-13-4-3-5-14-25)26-20-21-29-28-16-9-11-19-33(28)39-34(29)23-26/h3-23H,1-2H3. The molecule has 1 aromatic heterocycles. The molecule has 0 radical (unpaired) electrons. The lowest BCUT2D eigenvalue weighted by atomic mass is 9.80. The highest BCUT2D eigenvalue weighted by molar-refractivity contribution is 7.25. The summed E-state index contributed by atoms with van der Waals surface area (Å²) in [7, 11) is 0. The number of fused-ring (bicyclic) bond motifs is 8. The van der Waals surface area contributed by atoms with Crippen LogP contribution < -0.4 is 4.90 Å². The highest BCUT2D eigenvalue weighted by Crippen LogP contribution is 2.56. The zero-order valence-corrected chi connectivity index (χ0v) is 22.8. The molecule has 0 fully saturated rings. The van der Waals surface area contributed by atoms with Crippen molar-refractivity contribution in [3.05, 3.63) is 139 Å². The maximum absolute atomic E-state index is 2.47. The van der Waals surface area contributed by atoms with E-state index in [-0.39, 0.29) is 5.41 Å². The van der Waals surface area contributed by atoms with Crippen LogP contribution in [0.15, 0.2) is 127 Å². The van der Waals surface area contributed by atoms with E-state index in [2.05, 4.69) is 146 Å². The molecule has 0 saturated heterocycles. The fourth-order valence-electron chi connectivity index (χ4n) is 6.67. The van der Waals surface area contributed by atoms with E-state index in [4.69, 9.17) is 0 Å². The molecule has 6 aromatic carbocycles. The molecule has 0 amide bonds. The van der Waals surface area contributed by atoms with E-state index in [1.54, 1.807) is 0 Å². The zero-order chi connectivity index (χ0) is 26.1. The van der Waals surface area contributed by atoms with Crippen molar-refractivity contribution in [3.63, 3.8) is 0 Å². The molecule has 0 N–H and O–H groups in total. The molecule has 39 heavy (non-hydrogen) atoms. The van der Waals surface area contributed by atoms with Gasteiger partial charge in [0.15, 0.2) is 0 Å². The van der Waals surface area contributed by atoms with Gasteiger partial charge >= 0.3 is 0 Å². The van der Waals surface area contributed by atoms with Crippen LogP contribution in [-0.4, -0.2) is 0 Å². The molecule has 7 aromatic rings. The first kappa shape index (κ1) is 22.6. The molecule has 0 saturated carbocycles. The Kier molecular flexibility index (Phi) is 4.80. The molecule has 0 spiro atoms. The molecule has 0 unspecified atom stereocenters. The lowest BCUT2D eigenvalue weighted by Gasteiger charge is -2.30. The third kappa shape index (κ3) is 3.25. The van der Waals surface area contributed by atoms with Crippen molar-refractivity contribution in [3.8, 4) is 11.1 Å². The zero-order valence-electron chi connectivity index (χ0n) is 22.0. The average molecular weight is 518 g/mol. The first-order valence-corrected chi connectivity index (χ1v) is 14.4. The van der Waals surface area contributed by atoms with Crippen LogP contribution in [0.3, 0.4) is 0 Å². The number of thiophene rings is 1. The van der Waals surface area contributed by atoms with Gasteiger partial charge in [-0.1, -0.05) is 105 Å². The Morgan fingerprint density at radius 2 is 1.26 bits per heavy atom. The van der Waals surface area contributed by atoms with Gasteiger partial charge < -0.3 is 4.90 Å². The molecule has 1 heterocycles. The summed E-state index contributed by atoms with van der Waals surface area (Å²) in [5.74, 6) is 0. The van der Waals surface area contributed by atoms with Gasteiger partial charge in [0, 0.05) is 42.5 Å². The highest BCUT2D eigenvalue weighted by atomic mass is 32.1. The van der Waals surface area contributed by atoms with Gasteiger partial charge in [-0.15, -0.1) is 11.3 Å². The fraction of sp³-hybridized carbons (Fsp3) is 0.0811. The number of para-hydroxylation sites is 1. The van der Waals surface area contributed by atoms with E-state index in [9.17, 15) is 0 Å². The minimum Gasteiger partial charge on any atom is -0.310 e. The molecule has 1 aliphatic carbocycles. The van der Waals surface area contributed by atoms with Crippen LogP contribution in [0.5, 0.6) is 0 Å². The van der Waals surface area contributed by atoms with Gasteiger partial charge in [0.05, 0.1) is 5.69 Å². The molecule has 8 rings (SSSR count). The van der Waals surface area contributed by atoms with Gasteiger partial charge in [-0.05, 0) is 63.9 Å². The monoisotopic (exact) mass is 517 g/mol. The molecule has 0 aliphatic heterocycles. The van der Waals surface area contributed by atoms with Gasteiger partial charge in [0.2, 0.25) is 0 Å². The first-order valence-electron chi connectivity index (χ1n) is 13.5. The molecule has 1 aliphatic rings. The van der Waals surface area contributed by atoms with E-state index in [0.717, 1.165) is 5.69 Å². The van der Waals surface area contributed by atoms with Crippen molar-refractivity contribution >= 4 is 59.3 Å². The molecular formula is C37H27NS. The van der Waals surface area contributed by atoms with Crippen LogP contribution in [0.4, 0.5) is 17.1 Å². The maximum Gasteiger partial charge on any atom is 0.0549 e. The van der Waals surface area contributed by atoms with Crippen LogP contribution in [0.25, 0.3) is 42.1 Å². The molecule has 0 bridgehead atoms. The summed E-state index contributed by atoms with van der Waals surface area (Å²) in [6.07, 6.45) is 0. The summed E-state index contributed by atoms with van der Waals surface area (Å²) in [6.45, 7) is 4.76. The number of hydrogen-bond donors (Lipinski definition) is 0. The third-order valence-corrected chi connectivity index (χ3v) is 9.53. The lowest BCUT2D eigenvalue weighted by molar-refractivity contribution is 0.666. The van der Waals surface area contributed by atoms with Crippen LogP contribution >= 0.6 is 11.3 Å². The number of hydrogen-bond acceptors (Lipinski definition) is 2. The molecule has 2 heteroatoms. The number of anilines is 3. The van der Waals surface area contributed by atoms with Crippen LogP contribution in [0.1, 0.15) is 25.0 Å². The van der Waals surface area contributed by atoms with Gasteiger partial charge in [-0.2, -0.15) is 0 Å². The summed E-state index contributed by atoms with van der Waals surface area (Å²) in [5, 5.41) is 5.27. The second kappa shape index (κ2) is 8.30. The third-order valence-electron chi connectivity index (χ3n) is 8.40. The Labute approximate surface area is 232 Å². The van der Waals surface area contributed by atoms with Crippen LogP contribution in [0.2, 0.25) is 0 Å². The lowest BCUT2D eigenvalue weighted by Crippen LogP contribution is -2.16. The second-order valence-corrected chi connectivity index (χ2v) is 12.1. The van der Waals surface area contributed by atoms with E-state index < -0.39 is 0 Å². The van der Waals surface area contributed by atoms with Crippen molar-refractivity contribution in [1.29, 1.82) is 0 Å². The molecule has 1 nitrogen and oxygen atoms in total. The normalized spacial score (nSPS) is 13.6. The van der Waals surface area contributed by atoms with E-state index in [0.29, 0.717) is 0 Å². The van der Waals surface area contributed by atoms with Crippen LogP contribution in [0, 0.1) is 0 Å². The minimum atomic E-state index is -0.0979. The number of rotatable bonds is 3. The van der Waals surface area contributed by atoms with E-state index >= 15 is 0 Å². The van der Waals surface area contributed by atoms with Gasteiger partial charge in [0.25, 0.3) is 0 Å². The van der Waals surface area contributed by atoms with Gasteiger partial charge in [-0.25, -0.2) is 0 Å². The van der Waals surface area contributed by atoms with E-state index in [1.165, 1.54) is 64.6 Å². The Hall–Kier alpha value is -4.40.